The van der Waals surface area contributed by atoms with E-state index in [0.29, 0.717) is 12.3 Å². The number of fused-ring (bicyclic) bond motifs is 1. The summed E-state index contributed by atoms with van der Waals surface area (Å²) in [5.74, 6) is 1.28. The average molecular weight is 450 g/mol. The van der Waals surface area contributed by atoms with Crippen LogP contribution in [0.1, 0.15) is 12.0 Å². The average Bonchev–Trinajstić information content (AvgIpc) is 3.41. The molecule has 2 aromatic heterocycles. The number of aliphatic imine (C=N–C) groups is 1. The fourth-order valence-electron chi connectivity index (χ4n) is 3.75. The summed E-state index contributed by atoms with van der Waals surface area (Å²) in [5.41, 5.74) is 4.68. The van der Waals surface area contributed by atoms with E-state index >= 15 is 0 Å². The normalized spacial score (nSPS) is 20.0. The van der Waals surface area contributed by atoms with Crippen LogP contribution in [0.15, 0.2) is 71.2 Å². The van der Waals surface area contributed by atoms with E-state index < -0.39 is 5.62 Å². The maximum atomic E-state index is 12.5. The number of amides is 1. The van der Waals surface area contributed by atoms with Crippen LogP contribution in [0.2, 0.25) is 0 Å². The van der Waals surface area contributed by atoms with E-state index in [2.05, 4.69) is 27.1 Å². The number of hydrogen-bond acceptors (Lipinski definition) is 5. The molecule has 4 heterocycles. The first-order valence-corrected chi connectivity index (χ1v) is 11.5. The van der Waals surface area contributed by atoms with E-state index in [1.54, 1.807) is 18.0 Å². The predicted molar refractivity (Wildman–Crippen MR) is 128 cm³/mol. The number of halogens is 1. The van der Waals surface area contributed by atoms with E-state index in [1.807, 2.05) is 59.3 Å². The molecule has 2 aliphatic heterocycles. The first kappa shape index (κ1) is 19.9. The smallest absolute Gasteiger partial charge is 0.224 e. The molecule has 156 valence electrons. The molecule has 2 aliphatic rings. The SMILES string of the molecule is O=C(CC1C=CSC1)Nc1cccc(-c2nn3ccccc3c2C2=CC=NC(Cl)N2)c1. The number of carbonyl (C=O) groups is 1. The molecular weight excluding hydrogens is 430 g/mol. The highest BCUT2D eigenvalue weighted by molar-refractivity contribution is 8.02. The maximum Gasteiger partial charge on any atom is 0.224 e. The van der Waals surface area contributed by atoms with Gasteiger partial charge < -0.3 is 10.6 Å². The molecule has 1 aromatic carbocycles. The number of carbonyl (C=O) groups excluding carboxylic acids is 1. The zero-order valence-corrected chi connectivity index (χ0v) is 18.1. The van der Waals surface area contributed by atoms with Gasteiger partial charge in [0.25, 0.3) is 0 Å². The van der Waals surface area contributed by atoms with E-state index in [0.717, 1.165) is 39.5 Å². The molecule has 2 N–H and O–H groups in total. The number of nitrogens with one attached hydrogen (secondary N) is 2. The molecule has 1 amide bonds. The van der Waals surface area contributed by atoms with Crippen LogP contribution in [0.3, 0.4) is 0 Å². The van der Waals surface area contributed by atoms with Crippen LogP contribution in [0.5, 0.6) is 0 Å². The van der Waals surface area contributed by atoms with Crippen LogP contribution in [-0.2, 0) is 4.79 Å². The molecule has 0 saturated heterocycles. The van der Waals surface area contributed by atoms with Crippen molar-refractivity contribution in [1.82, 2.24) is 14.9 Å². The molecule has 0 fully saturated rings. The fourth-order valence-corrected chi connectivity index (χ4v) is 4.85. The number of hydrogen-bond donors (Lipinski definition) is 2. The monoisotopic (exact) mass is 449 g/mol. The number of pyridine rings is 1. The minimum atomic E-state index is -0.528. The molecule has 2 unspecified atom stereocenters. The van der Waals surface area contributed by atoms with Gasteiger partial charge in [0.05, 0.1) is 11.1 Å². The van der Waals surface area contributed by atoms with Gasteiger partial charge in [-0.05, 0) is 41.7 Å². The lowest BCUT2D eigenvalue weighted by Gasteiger charge is -2.17. The quantitative estimate of drug-likeness (QED) is 0.436. The maximum absolute atomic E-state index is 12.5. The lowest BCUT2D eigenvalue weighted by molar-refractivity contribution is -0.116. The van der Waals surface area contributed by atoms with Gasteiger partial charge in [-0.25, -0.2) is 4.52 Å². The fraction of sp³-hybridized carbons (Fsp3) is 0.174. The zero-order valence-electron chi connectivity index (χ0n) is 16.5. The van der Waals surface area contributed by atoms with Crippen LogP contribution >= 0.6 is 23.4 Å². The second-order valence-corrected chi connectivity index (χ2v) is 8.72. The highest BCUT2D eigenvalue weighted by Gasteiger charge is 2.21. The first-order chi connectivity index (χ1) is 15.2. The zero-order chi connectivity index (χ0) is 21.2. The van der Waals surface area contributed by atoms with E-state index in [-0.39, 0.29) is 5.91 Å². The summed E-state index contributed by atoms with van der Waals surface area (Å²) >= 11 is 7.95. The number of thioether (sulfide) groups is 1. The van der Waals surface area contributed by atoms with Crippen molar-refractivity contribution in [1.29, 1.82) is 0 Å². The third-order valence-corrected chi connectivity index (χ3v) is 6.36. The second kappa shape index (κ2) is 8.61. The number of aromatic nitrogens is 2. The standard InChI is InChI=1S/C23H20ClN5OS/c24-23-25-9-7-18(27-23)21-19-6-1-2-10-29(19)28-22(21)16-4-3-5-17(13-16)26-20(30)12-15-8-11-31-14-15/h1-11,13,15,23,27H,12,14H2,(H,26,30). The van der Waals surface area contributed by atoms with Crippen molar-refractivity contribution in [3.05, 3.63) is 71.8 Å². The van der Waals surface area contributed by atoms with Crippen molar-refractivity contribution in [2.75, 3.05) is 11.1 Å². The Morgan fingerprint density at radius 3 is 3.06 bits per heavy atom. The Hall–Kier alpha value is -3.03. The van der Waals surface area contributed by atoms with Crippen molar-refractivity contribution in [3.8, 4) is 11.3 Å². The summed E-state index contributed by atoms with van der Waals surface area (Å²) < 4.78 is 1.84. The van der Waals surface area contributed by atoms with Gasteiger partial charge in [-0.3, -0.25) is 9.79 Å². The Morgan fingerprint density at radius 2 is 2.23 bits per heavy atom. The van der Waals surface area contributed by atoms with Crippen LogP contribution in [-0.4, -0.2) is 33.1 Å². The minimum Gasteiger partial charge on any atom is -0.351 e. The first-order valence-electron chi connectivity index (χ1n) is 9.98. The number of nitrogens with zero attached hydrogens (tertiary/aromatic N) is 3. The molecule has 0 aliphatic carbocycles. The number of allylic oxidation sites excluding steroid dienone is 2. The van der Waals surface area contributed by atoms with Crippen molar-refractivity contribution >= 4 is 52.4 Å². The predicted octanol–water partition coefficient (Wildman–Crippen LogP) is 4.74. The van der Waals surface area contributed by atoms with Gasteiger partial charge in [-0.2, -0.15) is 5.10 Å². The minimum absolute atomic E-state index is 0.0161. The summed E-state index contributed by atoms with van der Waals surface area (Å²) in [6, 6.07) is 13.7. The van der Waals surface area contributed by atoms with Crippen LogP contribution in [0.25, 0.3) is 22.5 Å². The number of benzene rings is 1. The van der Waals surface area contributed by atoms with Crippen molar-refractivity contribution in [3.63, 3.8) is 0 Å². The lowest BCUT2D eigenvalue weighted by atomic mass is 10.0. The third-order valence-electron chi connectivity index (χ3n) is 5.17. The molecular formula is C23H20ClN5OS. The highest BCUT2D eigenvalue weighted by Crippen LogP contribution is 2.33. The summed E-state index contributed by atoms with van der Waals surface area (Å²) in [6.07, 6.45) is 8.09. The number of alkyl halides is 1. The van der Waals surface area contributed by atoms with E-state index in [9.17, 15) is 4.79 Å². The molecule has 0 saturated carbocycles. The summed E-state index contributed by atoms with van der Waals surface area (Å²) in [5, 5.41) is 13.1. The Bertz CT molecular complexity index is 1230. The summed E-state index contributed by atoms with van der Waals surface area (Å²) in [7, 11) is 0. The highest BCUT2D eigenvalue weighted by atomic mass is 35.5. The lowest BCUT2D eigenvalue weighted by Crippen LogP contribution is -2.23. The molecule has 0 spiro atoms. The third kappa shape index (κ3) is 4.24. The van der Waals surface area contributed by atoms with Gasteiger partial charge in [-0.15, -0.1) is 11.8 Å². The largest absolute Gasteiger partial charge is 0.351 e. The second-order valence-electron chi connectivity index (χ2n) is 7.37. The van der Waals surface area contributed by atoms with Crippen LogP contribution < -0.4 is 10.6 Å². The van der Waals surface area contributed by atoms with Crippen molar-refractivity contribution < 1.29 is 4.79 Å². The van der Waals surface area contributed by atoms with Gasteiger partial charge in [0.1, 0.15) is 5.69 Å². The van der Waals surface area contributed by atoms with Gasteiger partial charge in [-0.1, -0.05) is 35.9 Å². The van der Waals surface area contributed by atoms with E-state index in [1.165, 1.54) is 0 Å². The van der Waals surface area contributed by atoms with Crippen LogP contribution in [0.4, 0.5) is 5.69 Å². The number of rotatable bonds is 5. The molecule has 6 nitrogen and oxygen atoms in total. The van der Waals surface area contributed by atoms with Gasteiger partial charge >= 0.3 is 0 Å². The molecule has 31 heavy (non-hydrogen) atoms. The molecule has 0 bridgehead atoms. The number of anilines is 1. The van der Waals surface area contributed by atoms with Gasteiger partial charge in [0, 0.05) is 41.5 Å². The van der Waals surface area contributed by atoms with Crippen LogP contribution in [0, 0.1) is 5.92 Å². The summed E-state index contributed by atoms with van der Waals surface area (Å²) in [6.45, 7) is 0. The Balaban J connectivity index is 1.49. The molecule has 5 rings (SSSR count). The van der Waals surface area contributed by atoms with Crippen molar-refractivity contribution in [2.45, 2.75) is 12.0 Å². The topological polar surface area (TPSA) is 70.8 Å². The Kier molecular flexibility index (Phi) is 5.53. The Morgan fingerprint density at radius 1 is 1.29 bits per heavy atom. The molecule has 2 atom stereocenters. The molecule has 3 aromatic rings. The molecule has 0 radical (unpaired) electrons. The Labute approximate surface area is 189 Å². The van der Waals surface area contributed by atoms with Gasteiger partial charge in [0.2, 0.25) is 5.91 Å². The molecule has 8 heteroatoms. The van der Waals surface area contributed by atoms with E-state index in [4.69, 9.17) is 16.7 Å². The van der Waals surface area contributed by atoms with Gasteiger partial charge in [0.15, 0.2) is 5.62 Å². The summed E-state index contributed by atoms with van der Waals surface area (Å²) in [4.78, 5) is 16.6. The van der Waals surface area contributed by atoms with Crippen molar-refractivity contribution in [2.24, 2.45) is 10.9 Å².